The third kappa shape index (κ3) is 4.98. The third-order valence-corrected chi connectivity index (χ3v) is 8.59. The van der Waals surface area contributed by atoms with Crippen LogP contribution in [-0.4, -0.2) is 53.3 Å². The molecule has 1 fully saturated rings. The van der Waals surface area contributed by atoms with E-state index in [1.54, 1.807) is 42.5 Å². The molecule has 0 bridgehead atoms. The molecule has 36 heavy (non-hydrogen) atoms. The number of anilines is 3. The second kappa shape index (κ2) is 9.76. The van der Waals surface area contributed by atoms with Gasteiger partial charge < -0.3 is 10.2 Å². The number of nitrogens with zero attached hydrogens (tertiary/aromatic N) is 3. The zero-order valence-corrected chi connectivity index (χ0v) is 20.7. The maximum absolute atomic E-state index is 13.5. The van der Waals surface area contributed by atoms with Crippen LogP contribution in [0.1, 0.15) is 6.42 Å². The van der Waals surface area contributed by atoms with Crippen molar-refractivity contribution in [2.24, 2.45) is 0 Å². The summed E-state index contributed by atoms with van der Waals surface area (Å²) in [5, 5.41) is 10.8. The van der Waals surface area contributed by atoms with Crippen LogP contribution in [0, 0.1) is 0 Å². The van der Waals surface area contributed by atoms with Crippen LogP contribution in [0.3, 0.4) is 0 Å². The smallest absolute Gasteiger partial charge is 0.264 e. The Labute approximate surface area is 208 Å². The topological polar surface area (TPSA) is 147 Å². The maximum Gasteiger partial charge on any atom is 0.264 e. The lowest BCUT2D eigenvalue weighted by molar-refractivity contribution is 0.315. The van der Waals surface area contributed by atoms with Gasteiger partial charge in [-0.05, 0) is 65.7 Å². The fourth-order valence-electron chi connectivity index (χ4n) is 4.02. The first-order valence-corrected chi connectivity index (χ1v) is 14.2. The average Bonchev–Trinajstić information content (AvgIpc) is 3.19. The van der Waals surface area contributed by atoms with Crippen molar-refractivity contribution in [2.75, 3.05) is 40.5 Å². The van der Waals surface area contributed by atoms with Gasteiger partial charge in [-0.25, -0.2) is 21.5 Å². The molecule has 11 nitrogen and oxygen atoms in total. The molecule has 3 aromatic carbocycles. The molecule has 5 rings (SSSR count). The summed E-state index contributed by atoms with van der Waals surface area (Å²) in [5.41, 5.74) is 1.43. The van der Waals surface area contributed by atoms with Crippen LogP contribution in [0.5, 0.6) is 0 Å². The Hall–Kier alpha value is -3.68. The van der Waals surface area contributed by atoms with Crippen LogP contribution in [0.4, 0.5) is 17.1 Å². The number of hydrogen-bond donors (Lipinski definition) is 3. The van der Waals surface area contributed by atoms with E-state index in [1.165, 1.54) is 24.3 Å². The van der Waals surface area contributed by atoms with Gasteiger partial charge in [0.15, 0.2) is 5.52 Å². The molecule has 0 unspecified atom stereocenters. The van der Waals surface area contributed by atoms with E-state index in [-0.39, 0.29) is 26.7 Å². The largest absolute Gasteiger partial charge is 0.370 e. The van der Waals surface area contributed by atoms with Crippen LogP contribution in [0.25, 0.3) is 11.0 Å². The third-order valence-electron chi connectivity index (χ3n) is 5.79. The van der Waals surface area contributed by atoms with E-state index in [0.29, 0.717) is 17.7 Å². The van der Waals surface area contributed by atoms with Crippen LogP contribution >= 0.6 is 0 Å². The highest BCUT2D eigenvalue weighted by molar-refractivity contribution is 7.94. The van der Waals surface area contributed by atoms with Crippen molar-refractivity contribution in [3.63, 3.8) is 0 Å². The molecule has 3 N–H and O–H groups in total. The summed E-state index contributed by atoms with van der Waals surface area (Å²) in [4.78, 5) is 1.88. The summed E-state index contributed by atoms with van der Waals surface area (Å²) in [7, 11) is -8.30. The van der Waals surface area contributed by atoms with Crippen LogP contribution < -0.4 is 19.7 Å². The van der Waals surface area contributed by atoms with Gasteiger partial charge in [-0.1, -0.05) is 24.3 Å². The highest BCUT2D eigenvalue weighted by Crippen LogP contribution is 2.32. The van der Waals surface area contributed by atoms with Gasteiger partial charge in [0.25, 0.3) is 20.0 Å². The monoisotopic (exact) mass is 528 g/mol. The SMILES string of the molecule is O=S(=O)(Nc1cc(N2CCCNCC2)ccc1S(=O)(=O)Nc1cccc2nonc12)c1ccccc1. The minimum Gasteiger partial charge on any atom is -0.370 e. The Balaban J connectivity index is 1.56. The van der Waals surface area contributed by atoms with E-state index >= 15 is 0 Å². The molecule has 1 aromatic heterocycles. The first-order chi connectivity index (χ1) is 17.3. The standard InChI is InChI=1S/C23H24N6O5S2/c30-35(31,18-6-2-1-3-7-18)28-21-16-17(29-14-5-12-24-13-15-29)10-11-22(21)36(32,33)27-20-9-4-8-19-23(20)26-34-25-19/h1-4,6-11,16,24,27-28H,5,12-15H2. The zero-order chi connectivity index (χ0) is 25.2. The Morgan fingerprint density at radius 3 is 2.44 bits per heavy atom. The highest BCUT2D eigenvalue weighted by Gasteiger charge is 2.25. The van der Waals surface area contributed by atoms with E-state index in [4.69, 9.17) is 4.63 Å². The van der Waals surface area contributed by atoms with Crippen molar-refractivity contribution in [3.05, 3.63) is 66.7 Å². The lowest BCUT2D eigenvalue weighted by atomic mass is 10.2. The number of sulfonamides is 2. The van der Waals surface area contributed by atoms with Crippen molar-refractivity contribution in [3.8, 4) is 0 Å². The molecule has 4 aromatic rings. The van der Waals surface area contributed by atoms with E-state index in [9.17, 15) is 16.8 Å². The van der Waals surface area contributed by atoms with E-state index in [2.05, 4.69) is 30.0 Å². The van der Waals surface area contributed by atoms with Gasteiger partial charge >= 0.3 is 0 Å². The molecule has 0 atom stereocenters. The summed E-state index contributed by atoms with van der Waals surface area (Å²) in [6, 6.07) is 17.2. The van der Waals surface area contributed by atoms with Gasteiger partial charge in [-0.15, -0.1) is 0 Å². The van der Waals surface area contributed by atoms with Gasteiger partial charge in [-0.2, -0.15) is 0 Å². The van der Waals surface area contributed by atoms with E-state index < -0.39 is 20.0 Å². The number of nitrogens with one attached hydrogen (secondary N) is 3. The summed E-state index contributed by atoms with van der Waals surface area (Å²) in [5.74, 6) is 0. The number of rotatable bonds is 7. The average molecular weight is 529 g/mol. The Bertz CT molecular complexity index is 1580. The molecular weight excluding hydrogens is 504 g/mol. The predicted molar refractivity (Wildman–Crippen MR) is 136 cm³/mol. The van der Waals surface area contributed by atoms with Crippen LogP contribution in [0.2, 0.25) is 0 Å². The molecule has 0 spiro atoms. The molecule has 188 valence electrons. The minimum absolute atomic E-state index is 0.0177. The number of benzene rings is 3. The lowest BCUT2D eigenvalue weighted by Gasteiger charge is -2.24. The molecule has 1 aliphatic rings. The van der Waals surface area contributed by atoms with Gasteiger partial charge in [0.2, 0.25) is 0 Å². The van der Waals surface area contributed by atoms with Crippen LogP contribution in [-0.2, 0) is 20.0 Å². The first kappa shape index (κ1) is 24.0. The predicted octanol–water partition coefficient (Wildman–Crippen LogP) is 2.62. The fraction of sp³-hybridized carbons (Fsp3) is 0.217. The van der Waals surface area contributed by atoms with Crippen molar-refractivity contribution < 1.29 is 21.5 Å². The Kier molecular flexibility index (Phi) is 6.51. The van der Waals surface area contributed by atoms with Gasteiger partial charge in [-0.3, -0.25) is 9.44 Å². The molecule has 2 heterocycles. The molecular formula is C23H24N6O5S2. The van der Waals surface area contributed by atoms with E-state index in [1.807, 2.05) is 0 Å². The molecule has 0 radical (unpaired) electrons. The quantitative estimate of drug-likeness (QED) is 0.329. The molecule has 13 heteroatoms. The Morgan fingerprint density at radius 1 is 0.806 bits per heavy atom. The second-order valence-corrected chi connectivity index (χ2v) is 11.6. The molecule has 1 aliphatic heterocycles. The van der Waals surface area contributed by atoms with E-state index in [0.717, 1.165) is 26.1 Å². The van der Waals surface area contributed by atoms with Crippen molar-refractivity contribution in [1.29, 1.82) is 0 Å². The Morgan fingerprint density at radius 2 is 1.61 bits per heavy atom. The summed E-state index contributed by atoms with van der Waals surface area (Å²) in [6.45, 7) is 3.10. The fourth-order valence-corrected chi connectivity index (χ4v) is 6.39. The maximum atomic E-state index is 13.5. The molecule has 0 amide bonds. The molecule has 1 saturated heterocycles. The molecule has 0 saturated carbocycles. The van der Waals surface area contributed by atoms with Gasteiger partial charge in [0.05, 0.1) is 16.3 Å². The van der Waals surface area contributed by atoms with Crippen molar-refractivity contribution >= 4 is 48.1 Å². The number of fused-ring (bicyclic) bond motifs is 1. The lowest BCUT2D eigenvalue weighted by Crippen LogP contribution is -2.28. The summed E-state index contributed by atoms with van der Waals surface area (Å²) < 4.78 is 63.0. The van der Waals surface area contributed by atoms with Crippen molar-refractivity contribution in [1.82, 2.24) is 15.6 Å². The van der Waals surface area contributed by atoms with Crippen molar-refractivity contribution in [2.45, 2.75) is 16.2 Å². The minimum atomic E-state index is -4.24. The highest BCUT2D eigenvalue weighted by atomic mass is 32.2. The van der Waals surface area contributed by atoms with Gasteiger partial charge in [0.1, 0.15) is 10.4 Å². The van der Waals surface area contributed by atoms with Gasteiger partial charge in [0, 0.05) is 25.3 Å². The molecule has 0 aliphatic carbocycles. The summed E-state index contributed by atoms with van der Waals surface area (Å²) >= 11 is 0. The normalized spacial score (nSPS) is 14.9. The zero-order valence-electron chi connectivity index (χ0n) is 19.1. The summed E-state index contributed by atoms with van der Waals surface area (Å²) in [6.07, 6.45) is 0.905. The number of hydrogen-bond acceptors (Lipinski definition) is 9. The number of aromatic nitrogens is 2. The second-order valence-electron chi connectivity index (χ2n) is 8.23. The van der Waals surface area contributed by atoms with Crippen LogP contribution in [0.15, 0.2) is 81.2 Å². The first-order valence-electron chi connectivity index (χ1n) is 11.3.